The maximum absolute atomic E-state index is 12.0. The van der Waals surface area contributed by atoms with Crippen molar-refractivity contribution in [2.24, 2.45) is 0 Å². The van der Waals surface area contributed by atoms with Crippen LogP contribution in [-0.4, -0.2) is 36.1 Å². The van der Waals surface area contributed by atoms with Crippen LogP contribution in [0.5, 0.6) is 0 Å². The second-order valence-corrected chi connectivity index (χ2v) is 7.17. The Morgan fingerprint density at radius 3 is 2.44 bits per heavy atom. The zero-order chi connectivity index (χ0) is 18.3. The number of carboxylic acid groups (broad SMARTS) is 1. The van der Waals surface area contributed by atoms with E-state index in [-0.39, 0.29) is 17.2 Å². The number of nitrogens with zero attached hydrogens (tertiary/aromatic N) is 2. The van der Waals surface area contributed by atoms with Crippen LogP contribution >= 0.6 is 0 Å². The van der Waals surface area contributed by atoms with Gasteiger partial charge in [-0.3, -0.25) is 9.17 Å². The molecule has 0 bridgehead atoms. The van der Waals surface area contributed by atoms with Crippen molar-refractivity contribution < 1.29 is 22.5 Å². The molecule has 1 N–H and O–H groups in total. The average molecular weight is 364 g/mol. The first-order valence-electron chi connectivity index (χ1n) is 7.89. The van der Waals surface area contributed by atoms with Gasteiger partial charge in [-0.25, -0.2) is 9.78 Å². The molecule has 0 spiro atoms. The molecular weight excluding hydrogens is 344 g/mol. The van der Waals surface area contributed by atoms with Gasteiger partial charge in [-0.2, -0.15) is 8.42 Å². The molecule has 0 amide bonds. The number of carbonyl (C=O) groups is 1. The third kappa shape index (κ3) is 5.61. The number of hydrogen-bond donors (Lipinski definition) is 1. The minimum Gasteiger partial charge on any atom is -0.476 e. The first-order chi connectivity index (χ1) is 11.9. The van der Waals surface area contributed by atoms with Gasteiger partial charge in [-0.15, -0.1) is 0 Å². The topological polar surface area (TPSA) is 106 Å². The van der Waals surface area contributed by atoms with Gasteiger partial charge in [0.1, 0.15) is 0 Å². The molecule has 7 nitrogen and oxygen atoms in total. The number of carboxylic acids is 1. The van der Waals surface area contributed by atoms with Crippen molar-refractivity contribution in [1.82, 2.24) is 9.97 Å². The van der Waals surface area contributed by atoms with E-state index in [9.17, 15) is 13.2 Å². The standard InChI is InChI=1S/C17H20N2O5S/c1-13-6-8-14(9-7-13)25(22,23)24-12-4-2-3-5-15-16(17(20)21)19-11-10-18-15/h6-11H,2-5,12H2,1H3,(H,20,21). The van der Waals surface area contributed by atoms with Gasteiger partial charge in [0.25, 0.3) is 10.1 Å². The Bertz CT molecular complexity index is 819. The van der Waals surface area contributed by atoms with Crippen LogP contribution in [-0.2, 0) is 20.7 Å². The molecule has 0 atom stereocenters. The van der Waals surface area contributed by atoms with Crippen molar-refractivity contribution in [3.63, 3.8) is 0 Å². The number of aryl methyl sites for hydroxylation is 2. The molecule has 0 saturated heterocycles. The highest BCUT2D eigenvalue weighted by Crippen LogP contribution is 2.14. The van der Waals surface area contributed by atoms with Crippen LogP contribution in [0.3, 0.4) is 0 Å². The number of benzene rings is 1. The van der Waals surface area contributed by atoms with E-state index in [2.05, 4.69) is 9.97 Å². The van der Waals surface area contributed by atoms with Gasteiger partial charge < -0.3 is 5.11 Å². The molecule has 0 radical (unpaired) electrons. The molecule has 2 aromatic rings. The van der Waals surface area contributed by atoms with E-state index in [1.54, 1.807) is 12.1 Å². The van der Waals surface area contributed by atoms with Crippen LogP contribution in [0, 0.1) is 6.92 Å². The largest absolute Gasteiger partial charge is 0.476 e. The second kappa shape index (κ2) is 8.68. The molecule has 1 aromatic carbocycles. The van der Waals surface area contributed by atoms with E-state index in [0.29, 0.717) is 31.4 Å². The van der Waals surface area contributed by atoms with Crippen LogP contribution in [0.2, 0.25) is 0 Å². The summed E-state index contributed by atoms with van der Waals surface area (Å²) < 4.78 is 29.0. The summed E-state index contributed by atoms with van der Waals surface area (Å²) in [5, 5.41) is 9.03. The minimum absolute atomic E-state index is 0.0410. The summed E-state index contributed by atoms with van der Waals surface area (Å²) in [7, 11) is -3.73. The van der Waals surface area contributed by atoms with E-state index in [1.807, 2.05) is 6.92 Å². The SMILES string of the molecule is Cc1ccc(S(=O)(=O)OCCCCCc2nccnc2C(=O)O)cc1. The van der Waals surface area contributed by atoms with Crippen LogP contribution in [0.4, 0.5) is 0 Å². The van der Waals surface area contributed by atoms with E-state index >= 15 is 0 Å². The van der Waals surface area contributed by atoms with Gasteiger partial charge in [0, 0.05) is 12.4 Å². The van der Waals surface area contributed by atoms with Crippen LogP contribution in [0.15, 0.2) is 41.6 Å². The molecule has 1 heterocycles. The lowest BCUT2D eigenvalue weighted by Gasteiger charge is -2.06. The third-order valence-electron chi connectivity index (χ3n) is 3.58. The maximum atomic E-state index is 12.0. The highest BCUT2D eigenvalue weighted by Gasteiger charge is 2.15. The molecule has 25 heavy (non-hydrogen) atoms. The first kappa shape index (κ1) is 19.0. The van der Waals surface area contributed by atoms with Crippen LogP contribution < -0.4 is 0 Å². The summed E-state index contributed by atoms with van der Waals surface area (Å²) in [4.78, 5) is 19.0. The normalized spacial score (nSPS) is 11.4. The van der Waals surface area contributed by atoms with E-state index in [4.69, 9.17) is 9.29 Å². The highest BCUT2D eigenvalue weighted by atomic mass is 32.2. The monoisotopic (exact) mass is 364 g/mol. The number of aromatic carboxylic acids is 1. The van der Waals surface area contributed by atoms with Crippen molar-refractivity contribution in [2.45, 2.75) is 37.5 Å². The quantitative estimate of drug-likeness (QED) is 0.538. The zero-order valence-corrected chi connectivity index (χ0v) is 14.7. The Labute approximate surface area is 146 Å². The molecule has 0 unspecified atom stereocenters. The predicted molar refractivity (Wildman–Crippen MR) is 90.9 cm³/mol. The summed E-state index contributed by atoms with van der Waals surface area (Å²) in [6.07, 6.45) is 5.19. The Morgan fingerprint density at radius 2 is 1.76 bits per heavy atom. The molecule has 134 valence electrons. The molecule has 0 fully saturated rings. The van der Waals surface area contributed by atoms with Gasteiger partial charge >= 0.3 is 5.97 Å². The fourth-order valence-electron chi connectivity index (χ4n) is 2.24. The zero-order valence-electron chi connectivity index (χ0n) is 13.9. The number of rotatable bonds is 9. The van der Waals surface area contributed by atoms with Crippen molar-refractivity contribution in [1.29, 1.82) is 0 Å². The fraction of sp³-hybridized carbons (Fsp3) is 0.353. The van der Waals surface area contributed by atoms with Gasteiger partial charge in [0.15, 0.2) is 5.69 Å². The van der Waals surface area contributed by atoms with Crippen LogP contribution in [0.25, 0.3) is 0 Å². The molecule has 0 saturated carbocycles. The van der Waals surface area contributed by atoms with Crippen molar-refractivity contribution >= 4 is 16.1 Å². The summed E-state index contributed by atoms with van der Waals surface area (Å²) in [6.45, 7) is 1.96. The second-order valence-electron chi connectivity index (χ2n) is 5.56. The maximum Gasteiger partial charge on any atom is 0.356 e. The molecule has 1 aromatic heterocycles. The van der Waals surface area contributed by atoms with Gasteiger partial charge in [-0.05, 0) is 38.3 Å². The smallest absolute Gasteiger partial charge is 0.356 e. The molecule has 0 aliphatic rings. The Kier molecular flexibility index (Phi) is 6.60. The van der Waals surface area contributed by atoms with E-state index < -0.39 is 16.1 Å². The number of unbranched alkanes of at least 4 members (excludes halogenated alkanes) is 2. The van der Waals surface area contributed by atoms with Gasteiger partial charge in [0.2, 0.25) is 0 Å². The summed E-state index contributed by atoms with van der Waals surface area (Å²) in [5.74, 6) is -1.10. The third-order valence-corrected chi connectivity index (χ3v) is 4.91. The van der Waals surface area contributed by atoms with Crippen molar-refractivity contribution in [3.8, 4) is 0 Å². The van der Waals surface area contributed by atoms with E-state index in [1.165, 1.54) is 24.5 Å². The molecule has 0 aliphatic carbocycles. The summed E-state index contributed by atoms with van der Waals surface area (Å²) >= 11 is 0. The molecule has 2 rings (SSSR count). The lowest BCUT2D eigenvalue weighted by atomic mass is 10.1. The summed E-state index contributed by atoms with van der Waals surface area (Å²) in [6, 6.07) is 6.48. The lowest BCUT2D eigenvalue weighted by molar-refractivity contribution is 0.0688. The Balaban J connectivity index is 1.75. The number of hydrogen-bond acceptors (Lipinski definition) is 6. The Morgan fingerprint density at radius 1 is 1.08 bits per heavy atom. The average Bonchev–Trinajstić information content (AvgIpc) is 2.58. The van der Waals surface area contributed by atoms with Crippen molar-refractivity contribution in [2.75, 3.05) is 6.61 Å². The molecule has 0 aliphatic heterocycles. The van der Waals surface area contributed by atoms with Gasteiger partial charge in [0.05, 0.1) is 17.2 Å². The molecule has 8 heteroatoms. The predicted octanol–water partition coefficient (Wildman–Crippen LogP) is 2.60. The fourth-order valence-corrected chi connectivity index (χ4v) is 3.18. The highest BCUT2D eigenvalue weighted by molar-refractivity contribution is 7.86. The van der Waals surface area contributed by atoms with Crippen LogP contribution in [0.1, 0.15) is 41.0 Å². The number of aromatic nitrogens is 2. The first-order valence-corrected chi connectivity index (χ1v) is 9.30. The lowest BCUT2D eigenvalue weighted by Crippen LogP contribution is -2.09. The van der Waals surface area contributed by atoms with Crippen molar-refractivity contribution in [3.05, 3.63) is 53.6 Å². The molecular formula is C17H20N2O5S. The summed E-state index contributed by atoms with van der Waals surface area (Å²) in [5.41, 5.74) is 1.37. The van der Waals surface area contributed by atoms with E-state index in [0.717, 1.165) is 5.56 Å². The minimum atomic E-state index is -3.73. The Hall–Kier alpha value is -2.32. The van der Waals surface area contributed by atoms with Gasteiger partial charge in [-0.1, -0.05) is 24.1 Å².